The largest absolute Gasteiger partial charge is 0.351 e. The molecule has 0 aliphatic rings. The van der Waals surface area contributed by atoms with E-state index in [0.717, 1.165) is 12.0 Å². The van der Waals surface area contributed by atoms with Crippen LogP contribution in [0.1, 0.15) is 36.2 Å². The fourth-order valence-corrected chi connectivity index (χ4v) is 2.23. The van der Waals surface area contributed by atoms with E-state index in [1.165, 1.54) is 0 Å². The van der Waals surface area contributed by atoms with Gasteiger partial charge in [0.1, 0.15) is 0 Å². The summed E-state index contributed by atoms with van der Waals surface area (Å²) in [6.45, 7) is 4.35. The highest BCUT2D eigenvalue weighted by Gasteiger charge is 2.18. The van der Waals surface area contributed by atoms with E-state index in [1.54, 1.807) is 36.7 Å². The molecule has 2 atom stereocenters. The van der Waals surface area contributed by atoms with Gasteiger partial charge in [-0.2, -0.15) is 0 Å². The number of carbonyl (C=O) groups is 2. The maximum Gasteiger partial charge on any atom is 0.255 e. The molecule has 1 aromatic carbocycles. The van der Waals surface area contributed by atoms with Crippen LogP contribution in [-0.4, -0.2) is 22.8 Å². The van der Waals surface area contributed by atoms with E-state index in [-0.39, 0.29) is 30.1 Å². The maximum atomic E-state index is 12.2. The van der Waals surface area contributed by atoms with Crippen LogP contribution in [0.5, 0.6) is 0 Å². The van der Waals surface area contributed by atoms with Crippen LogP contribution in [0.3, 0.4) is 0 Å². The van der Waals surface area contributed by atoms with Crippen LogP contribution in [0.2, 0.25) is 0 Å². The van der Waals surface area contributed by atoms with Crippen molar-refractivity contribution < 1.29 is 9.59 Å². The zero-order valence-electron chi connectivity index (χ0n) is 14.9. The molecule has 2 aromatic rings. The number of amides is 2. The van der Waals surface area contributed by atoms with E-state index in [9.17, 15) is 9.59 Å². The Hall–Kier alpha value is -2.44. The lowest BCUT2D eigenvalue weighted by molar-refractivity contribution is -0.123. The zero-order chi connectivity index (χ0) is 18.2. The Labute approximate surface area is 160 Å². The summed E-state index contributed by atoms with van der Waals surface area (Å²) < 4.78 is 0. The van der Waals surface area contributed by atoms with Gasteiger partial charge in [-0.1, -0.05) is 32.4 Å². The van der Waals surface area contributed by atoms with Gasteiger partial charge in [-0.25, -0.2) is 0 Å². The number of nitrogens with one attached hydrogen (secondary N) is 2. The van der Waals surface area contributed by atoms with Gasteiger partial charge in [0.25, 0.3) is 5.91 Å². The molecule has 0 spiro atoms. The van der Waals surface area contributed by atoms with Crippen LogP contribution in [0.25, 0.3) is 0 Å². The molecule has 2 amide bonds. The molecule has 0 saturated carbocycles. The number of halogens is 1. The minimum absolute atomic E-state index is 0. The number of hydrogen-bond acceptors (Lipinski definition) is 4. The Bertz CT molecular complexity index is 707. The third-order valence-corrected chi connectivity index (χ3v) is 4.16. The molecule has 7 heteroatoms. The summed E-state index contributed by atoms with van der Waals surface area (Å²) >= 11 is 0. The van der Waals surface area contributed by atoms with Gasteiger partial charge in [-0.05, 0) is 35.7 Å². The summed E-state index contributed by atoms with van der Waals surface area (Å²) in [5.74, 6) is -0.228. The molecule has 0 saturated heterocycles. The lowest BCUT2D eigenvalue weighted by atomic mass is 9.99. The molecule has 140 valence electrons. The van der Waals surface area contributed by atoms with E-state index in [0.29, 0.717) is 17.8 Å². The van der Waals surface area contributed by atoms with E-state index >= 15 is 0 Å². The van der Waals surface area contributed by atoms with Crippen LogP contribution in [0.4, 0.5) is 5.69 Å². The predicted octanol–water partition coefficient (Wildman–Crippen LogP) is 2.75. The van der Waals surface area contributed by atoms with Crippen molar-refractivity contribution in [2.45, 2.75) is 32.9 Å². The second-order valence-corrected chi connectivity index (χ2v) is 6.02. The van der Waals surface area contributed by atoms with E-state index in [4.69, 9.17) is 5.73 Å². The Morgan fingerprint density at radius 3 is 2.46 bits per heavy atom. The molecule has 0 radical (unpaired) electrons. The lowest BCUT2D eigenvalue weighted by Gasteiger charge is -2.17. The number of pyridine rings is 1. The molecule has 1 heterocycles. The molecule has 0 aliphatic heterocycles. The first-order chi connectivity index (χ1) is 12.0. The van der Waals surface area contributed by atoms with Gasteiger partial charge >= 0.3 is 0 Å². The predicted molar refractivity (Wildman–Crippen MR) is 105 cm³/mol. The highest BCUT2D eigenvalue weighted by atomic mass is 35.5. The summed E-state index contributed by atoms with van der Waals surface area (Å²) in [4.78, 5) is 28.1. The van der Waals surface area contributed by atoms with Crippen LogP contribution in [0, 0.1) is 5.92 Å². The first-order valence-corrected chi connectivity index (χ1v) is 8.35. The van der Waals surface area contributed by atoms with Gasteiger partial charge in [0.15, 0.2) is 0 Å². The summed E-state index contributed by atoms with van der Waals surface area (Å²) in [5, 5.41) is 5.60. The van der Waals surface area contributed by atoms with Crippen molar-refractivity contribution in [1.29, 1.82) is 0 Å². The highest BCUT2D eigenvalue weighted by Crippen LogP contribution is 2.10. The first-order valence-electron chi connectivity index (χ1n) is 8.35. The van der Waals surface area contributed by atoms with Gasteiger partial charge in [0, 0.05) is 18.3 Å². The smallest absolute Gasteiger partial charge is 0.255 e. The van der Waals surface area contributed by atoms with Crippen molar-refractivity contribution in [1.82, 2.24) is 10.3 Å². The fourth-order valence-electron chi connectivity index (χ4n) is 2.23. The number of nitrogens with two attached hydrogens (primary N) is 1. The number of carbonyl (C=O) groups excluding carboxylic acids is 2. The maximum absolute atomic E-state index is 12.2. The number of anilines is 1. The van der Waals surface area contributed by atoms with Gasteiger partial charge in [-0.3, -0.25) is 14.6 Å². The summed E-state index contributed by atoms with van der Waals surface area (Å²) in [5.41, 5.74) is 7.99. The minimum Gasteiger partial charge on any atom is -0.351 e. The van der Waals surface area contributed by atoms with Gasteiger partial charge < -0.3 is 16.4 Å². The average molecular weight is 377 g/mol. The molecule has 0 fully saturated rings. The third kappa shape index (κ3) is 6.13. The highest BCUT2D eigenvalue weighted by molar-refractivity contribution is 6.04. The number of nitrogens with zero attached hydrogens (tertiary/aromatic N) is 1. The van der Waals surface area contributed by atoms with Crippen molar-refractivity contribution in [2.24, 2.45) is 11.7 Å². The van der Waals surface area contributed by atoms with Gasteiger partial charge in [0.05, 0.1) is 17.9 Å². The molecule has 2 unspecified atom stereocenters. The molecule has 4 N–H and O–H groups in total. The van der Waals surface area contributed by atoms with Crippen molar-refractivity contribution >= 4 is 29.9 Å². The SMILES string of the molecule is CCC(C)C(N)C(=O)NCc1ccc(C(=O)Nc2cccnc2)cc1.Cl. The Kier molecular flexibility index (Phi) is 8.75. The van der Waals surface area contributed by atoms with Gasteiger partial charge in [0.2, 0.25) is 5.91 Å². The summed E-state index contributed by atoms with van der Waals surface area (Å²) in [6.07, 6.45) is 4.09. The standard InChI is InChI=1S/C19H24N4O2.ClH/c1-3-13(2)17(20)19(25)22-11-14-6-8-15(9-7-14)18(24)23-16-5-4-10-21-12-16;/h4-10,12-13,17H,3,11,20H2,1-2H3,(H,22,25)(H,23,24);1H. The molecular weight excluding hydrogens is 352 g/mol. The summed E-state index contributed by atoms with van der Waals surface area (Å²) in [7, 11) is 0. The Morgan fingerprint density at radius 2 is 1.88 bits per heavy atom. The van der Waals surface area contributed by atoms with E-state index in [2.05, 4.69) is 15.6 Å². The first kappa shape index (κ1) is 21.6. The number of rotatable bonds is 7. The topological polar surface area (TPSA) is 97.1 Å². The van der Waals surface area contributed by atoms with Crippen LogP contribution < -0.4 is 16.4 Å². The number of benzene rings is 1. The molecule has 1 aromatic heterocycles. The zero-order valence-corrected chi connectivity index (χ0v) is 15.8. The molecule has 0 aliphatic carbocycles. The summed E-state index contributed by atoms with van der Waals surface area (Å²) in [6, 6.07) is 10.1. The molecule has 2 rings (SSSR count). The molecule has 26 heavy (non-hydrogen) atoms. The Balaban J connectivity index is 0.00000338. The average Bonchev–Trinajstić information content (AvgIpc) is 2.66. The van der Waals surface area contributed by atoms with Crippen molar-refractivity contribution in [3.8, 4) is 0 Å². The minimum atomic E-state index is -0.505. The van der Waals surface area contributed by atoms with Gasteiger partial charge in [-0.15, -0.1) is 12.4 Å². The monoisotopic (exact) mass is 376 g/mol. The van der Waals surface area contributed by atoms with Crippen LogP contribution in [-0.2, 0) is 11.3 Å². The van der Waals surface area contributed by atoms with Crippen LogP contribution in [0.15, 0.2) is 48.8 Å². The van der Waals surface area contributed by atoms with Crippen molar-refractivity contribution in [2.75, 3.05) is 5.32 Å². The lowest BCUT2D eigenvalue weighted by Crippen LogP contribution is -2.44. The van der Waals surface area contributed by atoms with Crippen molar-refractivity contribution in [3.05, 3.63) is 59.9 Å². The Morgan fingerprint density at radius 1 is 1.19 bits per heavy atom. The molecular formula is C19H25ClN4O2. The second-order valence-electron chi connectivity index (χ2n) is 6.02. The fraction of sp³-hybridized carbons (Fsp3) is 0.316. The molecule has 6 nitrogen and oxygen atoms in total. The number of hydrogen-bond donors (Lipinski definition) is 3. The number of aromatic nitrogens is 1. The van der Waals surface area contributed by atoms with E-state index in [1.807, 2.05) is 26.0 Å². The van der Waals surface area contributed by atoms with Crippen LogP contribution >= 0.6 is 12.4 Å². The normalized spacial score (nSPS) is 12.4. The second kappa shape index (κ2) is 10.5. The molecule has 0 bridgehead atoms. The van der Waals surface area contributed by atoms with E-state index < -0.39 is 6.04 Å². The third-order valence-electron chi connectivity index (χ3n) is 4.16. The quantitative estimate of drug-likeness (QED) is 0.692. The van der Waals surface area contributed by atoms with Crippen molar-refractivity contribution in [3.63, 3.8) is 0 Å².